The Bertz CT molecular complexity index is 1690. The first-order chi connectivity index (χ1) is 16.4. The van der Waals surface area contributed by atoms with E-state index in [1.165, 1.54) is 6.07 Å². The SMILES string of the molecule is Oc1cc(O)cc(-c2cc3cc4ccc([nH]4)c(Br)c4nc(cc5nc(c(Br)c2[nH]3)C=C5)C=C4)c1. The Kier molecular flexibility index (Phi) is 4.93. The van der Waals surface area contributed by atoms with Crippen molar-refractivity contribution in [1.29, 1.82) is 0 Å². The van der Waals surface area contributed by atoms with E-state index < -0.39 is 0 Å². The fourth-order valence-electron chi connectivity index (χ4n) is 4.08. The van der Waals surface area contributed by atoms with Gasteiger partial charge in [-0.05, 0) is 104 Å². The van der Waals surface area contributed by atoms with E-state index in [-0.39, 0.29) is 11.5 Å². The maximum absolute atomic E-state index is 10.1. The Hall–Kier alpha value is -3.62. The molecular weight excluding hydrogens is 560 g/mol. The standard InChI is InChI=1S/C26H16Br2N4O2/c27-24-21-4-1-14(29-21)9-15-3-6-23(31-15)25(28)26-20(13-7-18(33)12-19(34)8-13)11-17(32-26)10-16-2-5-22(24)30-16/h1-12,30,32-34H. The van der Waals surface area contributed by atoms with Crippen LogP contribution in [0.15, 0.2) is 57.5 Å². The lowest BCUT2D eigenvalue weighted by Crippen LogP contribution is -1.82. The predicted molar refractivity (Wildman–Crippen MR) is 143 cm³/mol. The van der Waals surface area contributed by atoms with Gasteiger partial charge in [-0.3, -0.25) is 0 Å². The van der Waals surface area contributed by atoms with Crippen LogP contribution in [0.4, 0.5) is 0 Å². The van der Waals surface area contributed by atoms with Crippen molar-refractivity contribution < 1.29 is 10.2 Å². The summed E-state index contributed by atoms with van der Waals surface area (Å²) in [5.41, 5.74) is 8.10. The molecular formula is C26H16Br2N4O2. The summed E-state index contributed by atoms with van der Waals surface area (Å²) in [4.78, 5) is 16.3. The minimum Gasteiger partial charge on any atom is -0.508 e. The average molecular weight is 576 g/mol. The molecule has 1 aromatic carbocycles. The molecule has 3 aromatic heterocycles. The lowest BCUT2D eigenvalue weighted by molar-refractivity contribution is 0.451. The van der Waals surface area contributed by atoms with Gasteiger partial charge in [-0.1, -0.05) is 0 Å². The van der Waals surface area contributed by atoms with Crippen LogP contribution in [0, 0.1) is 0 Å². The van der Waals surface area contributed by atoms with Crippen molar-refractivity contribution in [3.63, 3.8) is 0 Å². The van der Waals surface area contributed by atoms with Crippen LogP contribution in [0.3, 0.4) is 0 Å². The highest BCUT2D eigenvalue weighted by Crippen LogP contribution is 2.36. The van der Waals surface area contributed by atoms with Gasteiger partial charge in [0.05, 0.1) is 42.8 Å². The highest BCUT2D eigenvalue weighted by Gasteiger charge is 2.13. The molecule has 0 spiro atoms. The Labute approximate surface area is 210 Å². The number of hydrogen-bond donors (Lipinski definition) is 4. The van der Waals surface area contributed by atoms with Gasteiger partial charge in [-0.25, -0.2) is 9.97 Å². The number of fused-ring (bicyclic) bond motifs is 8. The summed E-state index contributed by atoms with van der Waals surface area (Å²) in [6.07, 6.45) is 7.80. The molecule has 2 aliphatic heterocycles. The number of benzene rings is 1. The number of phenols is 2. The van der Waals surface area contributed by atoms with E-state index in [1.807, 2.05) is 54.6 Å². The number of rotatable bonds is 1. The monoisotopic (exact) mass is 574 g/mol. The molecule has 166 valence electrons. The van der Waals surface area contributed by atoms with Gasteiger partial charge in [-0.15, -0.1) is 0 Å². The number of hydrogen-bond acceptors (Lipinski definition) is 4. The van der Waals surface area contributed by atoms with Crippen molar-refractivity contribution in [1.82, 2.24) is 19.9 Å². The van der Waals surface area contributed by atoms with Crippen molar-refractivity contribution in [3.05, 3.63) is 80.3 Å². The van der Waals surface area contributed by atoms with Crippen LogP contribution in [0.5, 0.6) is 11.5 Å². The molecule has 0 saturated carbocycles. The Morgan fingerprint density at radius 3 is 2.03 bits per heavy atom. The van der Waals surface area contributed by atoms with Gasteiger partial charge < -0.3 is 20.2 Å². The van der Waals surface area contributed by atoms with Crippen LogP contribution < -0.4 is 0 Å². The van der Waals surface area contributed by atoms with E-state index in [1.54, 1.807) is 12.1 Å². The van der Waals surface area contributed by atoms with Crippen LogP contribution in [-0.2, 0) is 0 Å². The fourth-order valence-corrected chi connectivity index (χ4v) is 5.06. The molecule has 8 heteroatoms. The topological polar surface area (TPSA) is 97.8 Å². The molecule has 6 nitrogen and oxygen atoms in total. The molecule has 0 unspecified atom stereocenters. The number of phenolic OH excluding ortho intramolecular Hbond substituents is 2. The first-order valence-electron chi connectivity index (χ1n) is 10.4. The molecule has 4 aromatic rings. The van der Waals surface area contributed by atoms with Gasteiger partial charge in [0.25, 0.3) is 0 Å². The molecule has 4 N–H and O–H groups in total. The maximum atomic E-state index is 10.1. The van der Waals surface area contributed by atoms with Crippen molar-refractivity contribution in [3.8, 4) is 22.6 Å². The Morgan fingerprint density at radius 2 is 1.32 bits per heavy atom. The first kappa shape index (κ1) is 20.9. The highest BCUT2D eigenvalue weighted by molar-refractivity contribution is 9.11. The number of nitrogens with zero attached hydrogens (tertiary/aromatic N) is 2. The number of H-pyrrole nitrogens is 2. The molecule has 0 amide bonds. The van der Waals surface area contributed by atoms with Crippen LogP contribution in [0.2, 0.25) is 0 Å². The fraction of sp³-hybridized carbons (Fsp3) is 0. The van der Waals surface area contributed by atoms with Gasteiger partial charge >= 0.3 is 0 Å². The second kappa shape index (κ2) is 8.00. The predicted octanol–water partition coefficient (Wildman–Crippen LogP) is 7.26. The number of halogens is 2. The van der Waals surface area contributed by atoms with Gasteiger partial charge in [0.15, 0.2) is 0 Å². The summed E-state index contributed by atoms with van der Waals surface area (Å²) in [7, 11) is 0. The highest BCUT2D eigenvalue weighted by atomic mass is 79.9. The number of nitrogens with one attached hydrogen (secondary N) is 2. The third-order valence-electron chi connectivity index (χ3n) is 5.60. The molecule has 0 fully saturated rings. The van der Waals surface area contributed by atoms with E-state index in [4.69, 9.17) is 9.97 Å². The lowest BCUT2D eigenvalue weighted by atomic mass is 10.1. The summed E-state index contributed by atoms with van der Waals surface area (Å²) >= 11 is 7.40. The summed E-state index contributed by atoms with van der Waals surface area (Å²) < 4.78 is 1.63. The third kappa shape index (κ3) is 3.74. The minimum atomic E-state index is -0.0127. The molecule has 8 bridgehead atoms. The van der Waals surface area contributed by atoms with E-state index >= 15 is 0 Å². The van der Waals surface area contributed by atoms with Gasteiger partial charge in [0, 0.05) is 22.7 Å². The van der Waals surface area contributed by atoms with Gasteiger partial charge in [-0.2, -0.15) is 0 Å². The molecule has 6 rings (SSSR count). The molecule has 0 atom stereocenters. The zero-order chi connectivity index (χ0) is 23.4. The summed E-state index contributed by atoms with van der Waals surface area (Å²) in [5, 5.41) is 20.2. The smallest absolute Gasteiger partial charge is 0.119 e. The van der Waals surface area contributed by atoms with Crippen molar-refractivity contribution in [2.45, 2.75) is 0 Å². The van der Waals surface area contributed by atoms with E-state index in [2.05, 4.69) is 41.8 Å². The molecule has 0 saturated heterocycles. The van der Waals surface area contributed by atoms with E-state index in [9.17, 15) is 10.2 Å². The maximum Gasteiger partial charge on any atom is 0.119 e. The van der Waals surface area contributed by atoms with Crippen molar-refractivity contribution in [2.75, 3.05) is 0 Å². The molecule has 5 heterocycles. The largest absolute Gasteiger partial charge is 0.508 e. The number of aromatic nitrogens is 4. The zero-order valence-corrected chi connectivity index (χ0v) is 20.6. The van der Waals surface area contributed by atoms with Crippen molar-refractivity contribution in [2.24, 2.45) is 0 Å². The Balaban J connectivity index is 1.73. The summed E-state index contributed by atoms with van der Waals surface area (Å²) in [6, 6.07) is 14.4. The van der Waals surface area contributed by atoms with E-state index in [0.717, 1.165) is 59.4 Å². The third-order valence-corrected chi connectivity index (χ3v) is 7.23. The summed E-state index contributed by atoms with van der Waals surface area (Å²) in [5.74, 6) is -0.0254. The van der Waals surface area contributed by atoms with Crippen LogP contribution >= 0.6 is 31.9 Å². The van der Waals surface area contributed by atoms with Gasteiger partial charge in [0.2, 0.25) is 0 Å². The second-order valence-electron chi connectivity index (χ2n) is 8.01. The second-order valence-corrected chi connectivity index (χ2v) is 9.59. The molecule has 2 aliphatic rings. The number of aromatic hydroxyl groups is 2. The normalized spacial score (nSPS) is 12.4. The Morgan fingerprint density at radius 1 is 0.647 bits per heavy atom. The quantitative estimate of drug-likeness (QED) is 0.166. The van der Waals surface area contributed by atoms with Crippen molar-refractivity contribution >= 4 is 78.2 Å². The van der Waals surface area contributed by atoms with Gasteiger partial charge in [0.1, 0.15) is 11.5 Å². The zero-order valence-electron chi connectivity index (χ0n) is 17.5. The lowest BCUT2D eigenvalue weighted by Gasteiger charge is -2.03. The van der Waals surface area contributed by atoms with Crippen LogP contribution in [0.1, 0.15) is 22.8 Å². The van der Waals surface area contributed by atoms with Crippen LogP contribution in [0.25, 0.3) is 57.5 Å². The summed E-state index contributed by atoms with van der Waals surface area (Å²) in [6.45, 7) is 0. The van der Waals surface area contributed by atoms with Crippen LogP contribution in [-0.4, -0.2) is 30.1 Å². The van der Waals surface area contributed by atoms with E-state index in [0.29, 0.717) is 5.56 Å². The molecule has 0 radical (unpaired) electrons. The number of aromatic amines is 2. The average Bonchev–Trinajstić information content (AvgIpc) is 3.59. The molecule has 0 aliphatic carbocycles. The minimum absolute atomic E-state index is 0.0127. The first-order valence-corrected chi connectivity index (χ1v) is 12.0. The molecule has 34 heavy (non-hydrogen) atoms.